The highest BCUT2D eigenvalue weighted by Crippen LogP contribution is 2.68. The van der Waals surface area contributed by atoms with E-state index in [1.165, 1.54) is 8.61 Å². The number of hydrogen-bond donors (Lipinski definition) is 2. The van der Waals surface area contributed by atoms with Gasteiger partial charge in [-0.1, -0.05) is 160 Å². The molecule has 6 aromatic rings. The Bertz CT molecular complexity index is 3300. The third-order valence-electron chi connectivity index (χ3n) is 13.7. The lowest BCUT2D eigenvalue weighted by Gasteiger charge is -2.43. The quantitative estimate of drug-likeness (QED) is 0.138. The van der Waals surface area contributed by atoms with Crippen molar-refractivity contribution in [2.24, 2.45) is 10.8 Å². The van der Waals surface area contributed by atoms with Crippen LogP contribution in [0.1, 0.15) is 87.8 Å². The van der Waals surface area contributed by atoms with E-state index in [-0.39, 0.29) is 93.3 Å². The van der Waals surface area contributed by atoms with Gasteiger partial charge in [-0.25, -0.2) is 25.4 Å². The average Bonchev–Trinajstić information content (AvgIpc) is 3.37. The minimum Gasteiger partial charge on any atom is -0.385 e. The summed E-state index contributed by atoms with van der Waals surface area (Å²) in [6.45, 7) is 15.5. The van der Waals surface area contributed by atoms with Crippen molar-refractivity contribution in [2.45, 2.75) is 89.2 Å². The van der Waals surface area contributed by atoms with Crippen LogP contribution < -0.4 is 8.61 Å². The Hall–Kier alpha value is -5.48. The Kier molecular flexibility index (Phi) is 14.8. The Morgan fingerprint density at radius 3 is 1.05 bits per heavy atom. The Labute approximate surface area is 446 Å². The molecule has 4 heterocycles. The lowest BCUT2D eigenvalue weighted by atomic mass is 9.86. The van der Waals surface area contributed by atoms with Crippen molar-refractivity contribution in [2.75, 3.05) is 35.0 Å². The molecule has 400 valence electrons. The number of fused-ring (bicyclic) bond motifs is 2. The standard InChI is InChI=1S/2C29H32NO6PS/c2*1-21-14-16-23(17-15-21)38(33,34)30-25-13-9-8-12-24(25)29(4,31)18-26(30)27(22-10-6-5-7-11-22)37(32)35-19-28(2,3)20-36-37/h2*5-17,31H,18-20H2,1-4H3/b2*27-26+/t2*29-/m00/s1. The monoisotopic (exact) mass is 1110 g/mol. The van der Waals surface area contributed by atoms with E-state index in [9.17, 15) is 36.2 Å². The van der Waals surface area contributed by atoms with Crippen molar-refractivity contribution in [1.82, 2.24) is 0 Å². The van der Waals surface area contributed by atoms with Crippen LogP contribution in [-0.4, -0.2) is 53.5 Å². The maximum Gasteiger partial charge on any atom is 0.363 e. The smallest absolute Gasteiger partial charge is 0.363 e. The van der Waals surface area contributed by atoms with Crippen LogP contribution in [0.5, 0.6) is 0 Å². The molecule has 0 unspecified atom stereocenters. The molecule has 76 heavy (non-hydrogen) atoms. The fourth-order valence-electron chi connectivity index (χ4n) is 9.64. The molecule has 0 saturated carbocycles. The van der Waals surface area contributed by atoms with Crippen molar-refractivity contribution in [1.29, 1.82) is 0 Å². The van der Waals surface area contributed by atoms with E-state index in [2.05, 4.69) is 0 Å². The largest absolute Gasteiger partial charge is 0.385 e. The average molecular weight is 1110 g/mol. The number of para-hydroxylation sites is 2. The number of aryl methyl sites for hydroxylation is 2. The molecule has 0 aliphatic carbocycles. The van der Waals surface area contributed by atoms with Crippen LogP contribution in [0.15, 0.2) is 179 Å². The molecule has 0 bridgehead atoms. The summed E-state index contributed by atoms with van der Waals surface area (Å²) in [5.74, 6) is 0. The number of nitrogens with zero attached hydrogens (tertiary/aromatic N) is 2. The molecule has 4 aliphatic rings. The maximum atomic E-state index is 14.5. The van der Waals surface area contributed by atoms with Crippen molar-refractivity contribution < 1.29 is 54.3 Å². The molecule has 2 fully saturated rings. The minimum absolute atomic E-state index is 0.0780. The second-order valence-corrected chi connectivity index (χ2v) is 29.3. The SMILES string of the molecule is Cc1ccc(S(=O)(=O)N2/C(=C(\c3ccccc3)P3(=O)OCC(C)(C)CO3)C[C@](C)(O)c3ccccc32)cc1.Cc1ccc(S(=O)(=O)N2/C(=C(\c3ccccc3)P3(=O)OCC(C)(C)CO3)C[C@](C)(O)c3ccccc32)cc1. The van der Waals surface area contributed by atoms with Gasteiger partial charge < -0.3 is 28.3 Å². The third kappa shape index (κ3) is 10.7. The molecule has 2 N–H and O–H groups in total. The Morgan fingerprint density at radius 1 is 0.447 bits per heavy atom. The fraction of sp³-hybridized carbons (Fsp3) is 0.310. The first-order valence-electron chi connectivity index (χ1n) is 24.9. The highest BCUT2D eigenvalue weighted by atomic mass is 32.2. The Balaban J connectivity index is 0.000000186. The summed E-state index contributed by atoms with van der Waals surface area (Å²) in [5.41, 5.74) is 1.03. The highest BCUT2D eigenvalue weighted by molar-refractivity contribution is 7.93. The normalized spacial score (nSPS) is 24.0. The van der Waals surface area contributed by atoms with Gasteiger partial charge in [-0.05, 0) is 75.2 Å². The molecule has 14 nitrogen and oxygen atoms in total. The summed E-state index contributed by atoms with van der Waals surface area (Å²) >= 11 is 0. The summed E-state index contributed by atoms with van der Waals surface area (Å²) in [6.07, 6.45) is -0.251. The zero-order valence-corrected chi connectivity index (χ0v) is 47.3. The van der Waals surface area contributed by atoms with Crippen LogP contribution >= 0.6 is 15.2 Å². The molecule has 0 spiro atoms. The zero-order valence-electron chi connectivity index (χ0n) is 43.8. The van der Waals surface area contributed by atoms with Crippen LogP contribution in [0.4, 0.5) is 11.4 Å². The van der Waals surface area contributed by atoms with Crippen molar-refractivity contribution >= 4 is 57.2 Å². The van der Waals surface area contributed by atoms with Gasteiger partial charge >= 0.3 is 15.2 Å². The van der Waals surface area contributed by atoms with Crippen LogP contribution in [-0.2, 0) is 58.5 Å². The minimum atomic E-state index is -4.20. The number of aliphatic hydroxyl groups is 2. The van der Waals surface area contributed by atoms with Crippen molar-refractivity contribution in [3.8, 4) is 0 Å². The summed E-state index contributed by atoms with van der Waals surface area (Å²) in [6, 6.07) is 44.6. The molecule has 18 heteroatoms. The number of sulfonamides is 2. The molecule has 10 rings (SSSR count). The highest BCUT2D eigenvalue weighted by Gasteiger charge is 2.51. The van der Waals surface area contributed by atoms with Crippen LogP contribution in [0.25, 0.3) is 10.6 Å². The van der Waals surface area contributed by atoms with E-state index in [0.29, 0.717) is 22.3 Å². The lowest BCUT2D eigenvalue weighted by molar-refractivity contribution is 0.0456. The lowest BCUT2D eigenvalue weighted by Crippen LogP contribution is -2.41. The van der Waals surface area contributed by atoms with Gasteiger partial charge in [0.15, 0.2) is 0 Å². The first kappa shape index (κ1) is 55.3. The molecular weight excluding hydrogens is 1040 g/mol. The number of hydrogen-bond acceptors (Lipinski definition) is 12. The molecule has 0 amide bonds. The topological polar surface area (TPSA) is 186 Å². The molecular formula is C58H64N2O12P2S2. The summed E-state index contributed by atoms with van der Waals surface area (Å²) in [7, 11) is -16.4. The summed E-state index contributed by atoms with van der Waals surface area (Å²) < 4.78 is 113. The summed E-state index contributed by atoms with van der Waals surface area (Å²) in [4.78, 5) is 0.156. The molecule has 4 aliphatic heterocycles. The number of benzene rings is 6. The molecule has 2 atom stereocenters. The predicted molar refractivity (Wildman–Crippen MR) is 296 cm³/mol. The van der Waals surface area contributed by atoms with Crippen molar-refractivity contribution in [3.05, 3.63) is 203 Å². The van der Waals surface area contributed by atoms with E-state index in [1.807, 2.05) is 53.7 Å². The van der Waals surface area contributed by atoms with Crippen LogP contribution in [0.2, 0.25) is 0 Å². The van der Waals surface area contributed by atoms with Gasteiger partial charge in [-0.2, -0.15) is 0 Å². The second kappa shape index (κ2) is 20.4. The van der Waals surface area contributed by atoms with Gasteiger partial charge in [0, 0.05) is 34.8 Å². The number of rotatable bonds is 8. The fourth-order valence-corrected chi connectivity index (χ4v) is 17.6. The van der Waals surface area contributed by atoms with E-state index in [0.717, 1.165) is 11.1 Å². The second-order valence-electron chi connectivity index (χ2n) is 21.8. The van der Waals surface area contributed by atoms with Gasteiger partial charge in [0.1, 0.15) is 0 Å². The Morgan fingerprint density at radius 2 is 0.737 bits per heavy atom. The zero-order chi connectivity index (χ0) is 54.7. The van der Waals surface area contributed by atoms with Crippen LogP contribution in [0, 0.1) is 24.7 Å². The third-order valence-corrected chi connectivity index (χ3v) is 21.3. The molecule has 0 aromatic heterocycles. The van der Waals surface area contributed by atoms with Gasteiger partial charge in [-0.15, -0.1) is 0 Å². The van der Waals surface area contributed by atoms with E-state index in [1.54, 1.807) is 159 Å². The van der Waals surface area contributed by atoms with Gasteiger partial charge in [-0.3, -0.25) is 9.13 Å². The maximum absolute atomic E-state index is 14.5. The van der Waals surface area contributed by atoms with E-state index < -0.39 is 46.4 Å². The van der Waals surface area contributed by atoms with Gasteiger partial charge in [0.2, 0.25) is 0 Å². The van der Waals surface area contributed by atoms with Gasteiger partial charge in [0.25, 0.3) is 20.0 Å². The van der Waals surface area contributed by atoms with Crippen molar-refractivity contribution in [3.63, 3.8) is 0 Å². The summed E-state index contributed by atoms with van der Waals surface area (Å²) in [5, 5.41) is 23.5. The molecule has 2 saturated heterocycles. The van der Waals surface area contributed by atoms with E-state index >= 15 is 0 Å². The first-order valence-corrected chi connectivity index (χ1v) is 30.9. The molecule has 6 aromatic carbocycles. The van der Waals surface area contributed by atoms with Crippen LogP contribution in [0.3, 0.4) is 0 Å². The number of anilines is 2. The van der Waals surface area contributed by atoms with Gasteiger partial charge in [0.05, 0.1) is 80.8 Å². The first-order chi connectivity index (χ1) is 35.7. The van der Waals surface area contributed by atoms with E-state index in [4.69, 9.17) is 18.1 Å². The predicted octanol–water partition coefficient (Wildman–Crippen LogP) is 12.9. The molecule has 0 radical (unpaired) electrons.